The Kier molecular flexibility index (Phi) is 4.40. The van der Waals surface area contributed by atoms with Crippen LogP contribution < -0.4 is 0 Å². The highest BCUT2D eigenvalue weighted by Gasteiger charge is 2.10. The quantitative estimate of drug-likeness (QED) is 0.803. The summed E-state index contributed by atoms with van der Waals surface area (Å²) >= 11 is 9.40. The fourth-order valence-corrected chi connectivity index (χ4v) is 2.15. The van der Waals surface area contributed by atoms with Crippen molar-refractivity contribution in [2.24, 2.45) is 0 Å². The molecule has 2 rings (SSSR count). The lowest BCUT2D eigenvalue weighted by atomic mass is 10.1. The van der Waals surface area contributed by atoms with Gasteiger partial charge in [0.05, 0.1) is 5.56 Å². The maximum absolute atomic E-state index is 11.1. The molecule has 0 heterocycles. The van der Waals surface area contributed by atoms with Gasteiger partial charge in [-0.05, 0) is 29.8 Å². The van der Waals surface area contributed by atoms with Gasteiger partial charge in [0.25, 0.3) is 0 Å². The lowest BCUT2D eigenvalue weighted by Gasteiger charge is -2.03. The van der Waals surface area contributed by atoms with Crippen LogP contribution in [0.2, 0.25) is 5.02 Å². The molecule has 0 saturated carbocycles. The van der Waals surface area contributed by atoms with Crippen molar-refractivity contribution in [2.45, 2.75) is 0 Å². The van der Waals surface area contributed by atoms with Crippen molar-refractivity contribution in [3.63, 3.8) is 0 Å². The maximum atomic E-state index is 11.1. The van der Waals surface area contributed by atoms with Crippen LogP contribution in [0.1, 0.15) is 21.5 Å². The molecule has 2 aromatic rings. The van der Waals surface area contributed by atoms with Crippen molar-refractivity contribution in [3.8, 4) is 0 Å². The number of hydrogen-bond donors (Lipinski definition) is 1. The number of aromatic carboxylic acids is 1. The summed E-state index contributed by atoms with van der Waals surface area (Å²) in [5.41, 5.74) is 1.68. The summed E-state index contributed by atoms with van der Waals surface area (Å²) in [4.78, 5) is 11.1. The van der Waals surface area contributed by atoms with E-state index in [1.165, 1.54) is 6.07 Å². The molecule has 2 aromatic carbocycles. The summed E-state index contributed by atoms with van der Waals surface area (Å²) in [6.07, 6.45) is 3.55. The normalized spacial score (nSPS) is 10.8. The number of carboxylic acids is 1. The average Bonchev–Trinajstić information content (AvgIpc) is 2.39. The number of benzene rings is 2. The molecule has 0 spiro atoms. The van der Waals surface area contributed by atoms with Crippen LogP contribution in [0.4, 0.5) is 0 Å². The topological polar surface area (TPSA) is 37.3 Å². The Labute approximate surface area is 124 Å². The third-order valence-corrected chi connectivity index (χ3v) is 3.45. The van der Waals surface area contributed by atoms with Gasteiger partial charge in [-0.3, -0.25) is 0 Å². The Bertz CT molecular complexity index is 633. The maximum Gasteiger partial charge on any atom is 0.336 e. The largest absolute Gasteiger partial charge is 0.478 e. The first-order valence-electron chi connectivity index (χ1n) is 5.53. The van der Waals surface area contributed by atoms with E-state index in [9.17, 15) is 4.79 Å². The van der Waals surface area contributed by atoms with Crippen molar-refractivity contribution in [1.82, 2.24) is 0 Å². The summed E-state index contributed by atoms with van der Waals surface area (Å²) in [5, 5.41) is 9.55. The molecular formula is C15H10BrClO2. The van der Waals surface area contributed by atoms with Gasteiger partial charge in [0.1, 0.15) is 0 Å². The first kappa shape index (κ1) is 13.8. The highest BCUT2D eigenvalue weighted by Crippen LogP contribution is 2.23. The molecule has 0 amide bonds. The molecule has 96 valence electrons. The van der Waals surface area contributed by atoms with E-state index in [1.54, 1.807) is 18.2 Å². The van der Waals surface area contributed by atoms with E-state index >= 15 is 0 Å². The van der Waals surface area contributed by atoms with Gasteiger partial charge >= 0.3 is 5.97 Å². The molecule has 4 heteroatoms. The van der Waals surface area contributed by atoms with Gasteiger partial charge in [-0.25, -0.2) is 4.79 Å². The monoisotopic (exact) mass is 336 g/mol. The summed E-state index contributed by atoms with van der Waals surface area (Å²) in [6, 6.07) is 12.5. The molecule has 0 fully saturated rings. The minimum absolute atomic E-state index is 0.195. The third kappa shape index (κ3) is 3.46. The highest BCUT2D eigenvalue weighted by molar-refractivity contribution is 9.10. The predicted octanol–water partition coefficient (Wildman–Crippen LogP) is 4.97. The van der Waals surface area contributed by atoms with Crippen molar-refractivity contribution in [3.05, 3.63) is 68.7 Å². The predicted molar refractivity (Wildman–Crippen MR) is 81.5 cm³/mol. The van der Waals surface area contributed by atoms with E-state index in [0.29, 0.717) is 10.6 Å². The second-order valence-corrected chi connectivity index (χ2v) is 5.21. The summed E-state index contributed by atoms with van der Waals surface area (Å²) in [7, 11) is 0. The van der Waals surface area contributed by atoms with Gasteiger partial charge in [-0.15, -0.1) is 0 Å². The smallest absolute Gasteiger partial charge is 0.336 e. The zero-order valence-corrected chi connectivity index (χ0v) is 12.1. The lowest BCUT2D eigenvalue weighted by molar-refractivity contribution is 0.0696. The first-order chi connectivity index (χ1) is 9.08. The number of halogens is 2. The van der Waals surface area contributed by atoms with E-state index in [4.69, 9.17) is 16.7 Å². The Balaban J connectivity index is 2.37. The Morgan fingerprint density at radius 3 is 2.42 bits per heavy atom. The summed E-state index contributed by atoms with van der Waals surface area (Å²) < 4.78 is 0.994. The van der Waals surface area contributed by atoms with Gasteiger partial charge < -0.3 is 5.11 Å². The Morgan fingerprint density at radius 1 is 1.11 bits per heavy atom. The third-order valence-electron chi connectivity index (χ3n) is 2.60. The first-order valence-corrected chi connectivity index (χ1v) is 6.70. The fraction of sp³-hybridized carbons (Fsp3) is 0. The fourth-order valence-electron chi connectivity index (χ4n) is 1.65. The van der Waals surface area contributed by atoms with E-state index in [-0.39, 0.29) is 5.56 Å². The zero-order chi connectivity index (χ0) is 13.8. The molecule has 0 saturated heterocycles. The minimum atomic E-state index is -0.988. The summed E-state index contributed by atoms with van der Waals surface area (Å²) in [5.74, 6) is -0.988. The molecule has 0 aliphatic carbocycles. The van der Waals surface area contributed by atoms with Crippen molar-refractivity contribution in [2.75, 3.05) is 0 Å². The molecule has 0 unspecified atom stereocenters. The Morgan fingerprint density at radius 2 is 1.79 bits per heavy atom. The van der Waals surface area contributed by atoms with E-state index in [0.717, 1.165) is 10.0 Å². The van der Waals surface area contributed by atoms with Crippen LogP contribution in [0.5, 0.6) is 0 Å². The molecule has 0 radical (unpaired) electrons. The lowest BCUT2D eigenvalue weighted by Crippen LogP contribution is -1.99. The number of carbonyl (C=O) groups is 1. The van der Waals surface area contributed by atoms with E-state index in [2.05, 4.69) is 15.9 Å². The zero-order valence-electron chi connectivity index (χ0n) is 9.81. The molecular weight excluding hydrogens is 328 g/mol. The van der Waals surface area contributed by atoms with Crippen molar-refractivity contribution in [1.29, 1.82) is 0 Å². The van der Waals surface area contributed by atoms with Crippen LogP contribution in [-0.4, -0.2) is 11.1 Å². The molecule has 0 aliphatic rings. The minimum Gasteiger partial charge on any atom is -0.478 e. The van der Waals surface area contributed by atoms with Crippen molar-refractivity contribution < 1.29 is 9.90 Å². The molecule has 0 aliphatic heterocycles. The molecule has 1 N–H and O–H groups in total. The summed E-state index contributed by atoms with van der Waals surface area (Å²) in [6.45, 7) is 0. The van der Waals surface area contributed by atoms with Crippen LogP contribution in [0.15, 0.2) is 46.9 Å². The van der Waals surface area contributed by atoms with Crippen LogP contribution >= 0.6 is 27.5 Å². The molecule has 2 nitrogen and oxygen atoms in total. The molecule has 0 atom stereocenters. The standard InChI is InChI=1S/C15H10BrClO2/c16-11-7-4-10(5-8-11)6-9-12-13(15(18)19)2-1-3-14(12)17/h1-9H,(H,18,19). The van der Waals surface area contributed by atoms with Crippen LogP contribution in [0.25, 0.3) is 12.2 Å². The molecule has 0 aromatic heterocycles. The highest BCUT2D eigenvalue weighted by atomic mass is 79.9. The number of carboxylic acid groups (broad SMARTS) is 1. The van der Waals surface area contributed by atoms with Crippen LogP contribution in [0.3, 0.4) is 0 Å². The van der Waals surface area contributed by atoms with Gasteiger partial charge in [0.2, 0.25) is 0 Å². The van der Waals surface area contributed by atoms with Gasteiger partial charge in [-0.2, -0.15) is 0 Å². The molecule has 0 bridgehead atoms. The average molecular weight is 338 g/mol. The second kappa shape index (κ2) is 6.04. The van der Waals surface area contributed by atoms with E-state index < -0.39 is 5.97 Å². The molecule has 19 heavy (non-hydrogen) atoms. The second-order valence-electron chi connectivity index (χ2n) is 3.89. The number of rotatable bonds is 3. The van der Waals surface area contributed by atoms with Gasteiger partial charge in [0, 0.05) is 15.1 Å². The SMILES string of the molecule is O=C(O)c1cccc(Cl)c1C=Cc1ccc(Br)cc1. The Hall–Kier alpha value is -1.58. The number of hydrogen-bond acceptors (Lipinski definition) is 1. The van der Waals surface area contributed by atoms with Gasteiger partial charge in [0.15, 0.2) is 0 Å². The van der Waals surface area contributed by atoms with Crippen LogP contribution in [0, 0.1) is 0 Å². The van der Waals surface area contributed by atoms with Gasteiger partial charge in [-0.1, -0.05) is 57.9 Å². The van der Waals surface area contributed by atoms with Crippen molar-refractivity contribution >= 4 is 45.7 Å². The van der Waals surface area contributed by atoms with Crippen LogP contribution in [-0.2, 0) is 0 Å². The van der Waals surface area contributed by atoms with E-state index in [1.807, 2.05) is 30.3 Å².